The highest BCUT2D eigenvalue weighted by Crippen LogP contribution is 2.18. The fraction of sp³-hybridized carbons (Fsp3) is 0.611. The summed E-state index contributed by atoms with van der Waals surface area (Å²) in [6, 6.07) is 10.7. The van der Waals surface area contributed by atoms with Gasteiger partial charge in [-0.1, -0.05) is 30.3 Å². The number of hydrogen-bond donors (Lipinski definition) is 1. The lowest BCUT2D eigenvalue weighted by Gasteiger charge is -2.32. The van der Waals surface area contributed by atoms with Crippen molar-refractivity contribution < 1.29 is 4.79 Å². The number of urea groups is 1. The second-order valence-corrected chi connectivity index (χ2v) is 6.06. The average molecular weight is 303 g/mol. The van der Waals surface area contributed by atoms with Crippen LogP contribution in [-0.2, 0) is 6.54 Å². The van der Waals surface area contributed by atoms with Gasteiger partial charge in [0.25, 0.3) is 0 Å². The Labute approximate surface area is 134 Å². The number of rotatable bonds is 6. The summed E-state index contributed by atoms with van der Waals surface area (Å²) >= 11 is 0. The summed E-state index contributed by atoms with van der Waals surface area (Å²) in [5, 5.41) is 3.09. The van der Waals surface area contributed by atoms with Crippen molar-refractivity contribution in [2.75, 3.05) is 32.7 Å². The normalized spacial score (nSPS) is 16.5. The Kier molecular flexibility index (Phi) is 6.72. The van der Waals surface area contributed by atoms with Gasteiger partial charge >= 0.3 is 6.03 Å². The molecule has 1 heterocycles. The molecule has 0 radical (unpaired) electrons. The Morgan fingerprint density at radius 3 is 2.41 bits per heavy atom. The summed E-state index contributed by atoms with van der Waals surface area (Å²) in [6.45, 7) is 9.70. The van der Waals surface area contributed by atoms with Crippen molar-refractivity contribution in [2.24, 2.45) is 5.92 Å². The third kappa shape index (κ3) is 5.02. The fourth-order valence-corrected chi connectivity index (χ4v) is 3.04. The first-order chi connectivity index (χ1) is 10.7. The van der Waals surface area contributed by atoms with Gasteiger partial charge in [0.1, 0.15) is 0 Å². The van der Waals surface area contributed by atoms with Gasteiger partial charge in [0.05, 0.1) is 0 Å². The zero-order valence-corrected chi connectivity index (χ0v) is 13.9. The van der Waals surface area contributed by atoms with Crippen LogP contribution in [0.3, 0.4) is 0 Å². The summed E-state index contributed by atoms with van der Waals surface area (Å²) in [4.78, 5) is 16.3. The molecule has 1 N–H and O–H groups in total. The molecule has 0 bridgehead atoms. The van der Waals surface area contributed by atoms with Gasteiger partial charge in [-0.25, -0.2) is 4.79 Å². The fourth-order valence-electron chi connectivity index (χ4n) is 3.04. The van der Waals surface area contributed by atoms with Crippen molar-refractivity contribution in [3.8, 4) is 0 Å². The standard InChI is InChI=1S/C18H29N3O/c1-3-21(4-2)18(22)19-14-16-10-12-20(13-11-16)15-17-8-6-5-7-9-17/h5-9,16H,3-4,10-15H2,1-2H3,(H,19,22). The van der Waals surface area contributed by atoms with Gasteiger partial charge in [-0.2, -0.15) is 0 Å². The summed E-state index contributed by atoms with van der Waals surface area (Å²) in [6.07, 6.45) is 2.34. The van der Waals surface area contributed by atoms with E-state index < -0.39 is 0 Å². The minimum absolute atomic E-state index is 0.0803. The third-order valence-corrected chi connectivity index (χ3v) is 4.55. The molecule has 22 heavy (non-hydrogen) atoms. The van der Waals surface area contributed by atoms with E-state index in [0.717, 1.165) is 39.3 Å². The van der Waals surface area contributed by atoms with E-state index in [1.807, 2.05) is 18.7 Å². The first-order valence-corrected chi connectivity index (χ1v) is 8.52. The first kappa shape index (κ1) is 16.8. The number of nitrogens with zero attached hydrogens (tertiary/aromatic N) is 2. The number of amides is 2. The van der Waals surface area contributed by atoms with Gasteiger partial charge in [0, 0.05) is 26.2 Å². The highest BCUT2D eigenvalue weighted by Gasteiger charge is 2.20. The van der Waals surface area contributed by atoms with E-state index in [1.54, 1.807) is 0 Å². The van der Waals surface area contributed by atoms with Gasteiger partial charge in [0.15, 0.2) is 0 Å². The van der Waals surface area contributed by atoms with Crippen LogP contribution >= 0.6 is 0 Å². The molecule has 0 spiro atoms. The van der Waals surface area contributed by atoms with Crippen LogP contribution in [0.4, 0.5) is 4.79 Å². The monoisotopic (exact) mass is 303 g/mol. The van der Waals surface area contributed by atoms with E-state index in [4.69, 9.17) is 0 Å². The van der Waals surface area contributed by atoms with Gasteiger partial charge in [-0.3, -0.25) is 4.90 Å². The minimum Gasteiger partial charge on any atom is -0.338 e. The maximum atomic E-state index is 12.0. The molecule has 122 valence electrons. The summed E-state index contributed by atoms with van der Waals surface area (Å²) in [5.74, 6) is 0.617. The van der Waals surface area contributed by atoms with E-state index >= 15 is 0 Å². The van der Waals surface area contributed by atoms with Gasteiger partial charge in [-0.05, 0) is 51.3 Å². The summed E-state index contributed by atoms with van der Waals surface area (Å²) in [7, 11) is 0. The van der Waals surface area contributed by atoms with E-state index in [-0.39, 0.29) is 6.03 Å². The molecule has 1 aliphatic rings. The molecular weight excluding hydrogens is 274 g/mol. The van der Waals surface area contributed by atoms with Crippen molar-refractivity contribution in [1.82, 2.24) is 15.1 Å². The molecule has 1 aliphatic heterocycles. The van der Waals surface area contributed by atoms with Crippen LogP contribution in [0.5, 0.6) is 0 Å². The van der Waals surface area contributed by atoms with E-state index in [9.17, 15) is 4.79 Å². The number of nitrogens with one attached hydrogen (secondary N) is 1. The van der Waals surface area contributed by atoms with Crippen LogP contribution < -0.4 is 5.32 Å². The molecule has 2 amide bonds. The number of carbonyl (C=O) groups is 1. The minimum atomic E-state index is 0.0803. The molecule has 0 aromatic heterocycles. The van der Waals surface area contributed by atoms with Crippen molar-refractivity contribution >= 4 is 6.03 Å². The number of likely N-dealkylation sites (tertiary alicyclic amines) is 1. The largest absolute Gasteiger partial charge is 0.338 e. The SMILES string of the molecule is CCN(CC)C(=O)NCC1CCN(Cc2ccccc2)CC1. The number of carbonyl (C=O) groups excluding carboxylic acids is 1. The Hall–Kier alpha value is -1.55. The Bertz CT molecular complexity index is 437. The van der Waals surface area contributed by atoms with Gasteiger partial charge in [-0.15, -0.1) is 0 Å². The second kappa shape index (κ2) is 8.79. The molecule has 0 aliphatic carbocycles. The van der Waals surface area contributed by atoms with Crippen LogP contribution in [-0.4, -0.2) is 48.6 Å². The molecule has 4 heteroatoms. The van der Waals surface area contributed by atoms with E-state index in [1.165, 1.54) is 18.4 Å². The molecule has 0 unspecified atom stereocenters. The summed E-state index contributed by atoms with van der Waals surface area (Å²) in [5.41, 5.74) is 1.38. The molecule has 1 fully saturated rings. The van der Waals surface area contributed by atoms with Crippen molar-refractivity contribution in [1.29, 1.82) is 0 Å². The van der Waals surface area contributed by atoms with E-state index in [0.29, 0.717) is 5.92 Å². The molecular formula is C18H29N3O. The molecule has 0 atom stereocenters. The smallest absolute Gasteiger partial charge is 0.317 e. The maximum Gasteiger partial charge on any atom is 0.317 e. The van der Waals surface area contributed by atoms with Crippen molar-refractivity contribution in [3.63, 3.8) is 0 Å². The number of piperidine rings is 1. The maximum absolute atomic E-state index is 12.0. The van der Waals surface area contributed by atoms with Crippen molar-refractivity contribution in [3.05, 3.63) is 35.9 Å². The Balaban J connectivity index is 1.68. The third-order valence-electron chi connectivity index (χ3n) is 4.55. The van der Waals surface area contributed by atoms with Crippen molar-refractivity contribution in [2.45, 2.75) is 33.2 Å². The highest BCUT2D eigenvalue weighted by atomic mass is 16.2. The van der Waals surface area contributed by atoms with Crippen LogP contribution in [0.2, 0.25) is 0 Å². The molecule has 0 saturated carbocycles. The molecule has 1 aromatic rings. The molecule has 4 nitrogen and oxygen atoms in total. The summed E-state index contributed by atoms with van der Waals surface area (Å²) < 4.78 is 0. The quantitative estimate of drug-likeness (QED) is 0.877. The zero-order valence-electron chi connectivity index (χ0n) is 13.9. The van der Waals surface area contributed by atoms with Gasteiger partial charge < -0.3 is 10.2 Å². The average Bonchev–Trinajstić information content (AvgIpc) is 2.56. The number of hydrogen-bond acceptors (Lipinski definition) is 2. The zero-order chi connectivity index (χ0) is 15.8. The van der Waals surface area contributed by atoms with E-state index in [2.05, 4.69) is 40.5 Å². The molecule has 2 rings (SSSR count). The first-order valence-electron chi connectivity index (χ1n) is 8.52. The Morgan fingerprint density at radius 1 is 1.18 bits per heavy atom. The predicted molar refractivity (Wildman–Crippen MR) is 90.8 cm³/mol. The van der Waals surface area contributed by atoms with Gasteiger partial charge in [0.2, 0.25) is 0 Å². The topological polar surface area (TPSA) is 35.6 Å². The molecule has 1 aromatic carbocycles. The lowest BCUT2D eigenvalue weighted by Crippen LogP contribution is -2.43. The Morgan fingerprint density at radius 2 is 1.82 bits per heavy atom. The van der Waals surface area contributed by atoms with Crippen LogP contribution in [0.1, 0.15) is 32.3 Å². The molecule has 1 saturated heterocycles. The second-order valence-electron chi connectivity index (χ2n) is 6.06. The van der Waals surface area contributed by atoms with Crippen LogP contribution in [0.25, 0.3) is 0 Å². The van der Waals surface area contributed by atoms with Crippen LogP contribution in [0, 0.1) is 5.92 Å². The predicted octanol–water partition coefficient (Wildman–Crippen LogP) is 2.95. The lowest BCUT2D eigenvalue weighted by atomic mass is 9.96. The lowest BCUT2D eigenvalue weighted by molar-refractivity contribution is 0.169. The number of benzene rings is 1. The highest BCUT2D eigenvalue weighted by molar-refractivity contribution is 5.74. The van der Waals surface area contributed by atoms with Crippen LogP contribution in [0.15, 0.2) is 30.3 Å².